The molecule has 0 amide bonds. The van der Waals surface area contributed by atoms with Crippen molar-refractivity contribution in [3.05, 3.63) is 17.8 Å². The molecule has 0 atom stereocenters. The molecule has 0 aliphatic carbocycles. The van der Waals surface area contributed by atoms with Gasteiger partial charge in [0.05, 0.1) is 11.4 Å². The van der Waals surface area contributed by atoms with Gasteiger partial charge < -0.3 is 11.1 Å². The molecule has 0 saturated heterocycles. The third kappa shape index (κ3) is 4.61. The predicted octanol–water partition coefficient (Wildman–Crippen LogP) is 2.64. The topological polar surface area (TPSA) is 50.9 Å². The highest BCUT2D eigenvalue weighted by molar-refractivity contribution is 8.00. The average molecular weight is 251 g/mol. The van der Waals surface area contributed by atoms with Crippen molar-refractivity contribution in [2.45, 2.75) is 12.4 Å². The van der Waals surface area contributed by atoms with Crippen LogP contribution in [0, 0.1) is 6.92 Å². The standard InChI is InChI=1S/C9H12F3N3S/c1-6-7(13)2-3-8(15-6)14-4-5-16-9(10,11)12/h2-3H,4-5,13H2,1H3,(H,14,15). The van der Waals surface area contributed by atoms with E-state index in [2.05, 4.69) is 10.3 Å². The first-order chi connectivity index (χ1) is 7.38. The van der Waals surface area contributed by atoms with Crippen LogP contribution in [0.3, 0.4) is 0 Å². The van der Waals surface area contributed by atoms with Crippen molar-refractivity contribution in [2.24, 2.45) is 0 Å². The molecule has 0 fully saturated rings. The molecular formula is C9H12F3N3S. The molecule has 3 N–H and O–H groups in total. The van der Waals surface area contributed by atoms with Gasteiger partial charge in [-0.3, -0.25) is 0 Å². The van der Waals surface area contributed by atoms with E-state index in [9.17, 15) is 13.2 Å². The Kier molecular flexibility index (Phi) is 4.28. The Hall–Kier alpha value is -1.11. The SMILES string of the molecule is Cc1nc(NCCSC(F)(F)F)ccc1N. The Morgan fingerprint density at radius 3 is 2.69 bits per heavy atom. The summed E-state index contributed by atoms with van der Waals surface area (Å²) in [7, 11) is 0. The Morgan fingerprint density at radius 1 is 1.44 bits per heavy atom. The van der Waals surface area contributed by atoms with E-state index in [1.165, 1.54) is 0 Å². The fourth-order valence-electron chi connectivity index (χ4n) is 1.02. The maximum absolute atomic E-state index is 11.8. The number of nitrogens with two attached hydrogens (primary N) is 1. The minimum atomic E-state index is -4.17. The molecule has 3 nitrogen and oxygen atoms in total. The van der Waals surface area contributed by atoms with E-state index < -0.39 is 5.51 Å². The summed E-state index contributed by atoms with van der Waals surface area (Å²) in [6.45, 7) is 1.95. The molecule has 1 rings (SSSR count). The van der Waals surface area contributed by atoms with E-state index in [0.29, 0.717) is 17.2 Å². The van der Waals surface area contributed by atoms with Gasteiger partial charge >= 0.3 is 5.51 Å². The third-order valence-electron chi connectivity index (χ3n) is 1.80. The second kappa shape index (κ2) is 5.29. The number of halogens is 3. The van der Waals surface area contributed by atoms with Gasteiger partial charge in [-0.2, -0.15) is 13.2 Å². The van der Waals surface area contributed by atoms with Crippen LogP contribution in [0.5, 0.6) is 0 Å². The lowest BCUT2D eigenvalue weighted by molar-refractivity contribution is -0.0327. The minimum Gasteiger partial charge on any atom is -0.397 e. The van der Waals surface area contributed by atoms with E-state index in [0.717, 1.165) is 0 Å². The Morgan fingerprint density at radius 2 is 2.12 bits per heavy atom. The monoisotopic (exact) mass is 251 g/mol. The van der Waals surface area contributed by atoms with Crippen molar-refractivity contribution in [3.63, 3.8) is 0 Å². The molecule has 1 heterocycles. The number of aromatic nitrogens is 1. The number of pyridine rings is 1. The fraction of sp³-hybridized carbons (Fsp3) is 0.444. The molecule has 0 aliphatic rings. The molecular weight excluding hydrogens is 239 g/mol. The number of hydrogen-bond donors (Lipinski definition) is 2. The van der Waals surface area contributed by atoms with Gasteiger partial charge in [0.2, 0.25) is 0 Å². The van der Waals surface area contributed by atoms with Gasteiger partial charge in [-0.15, -0.1) is 0 Å². The summed E-state index contributed by atoms with van der Waals surface area (Å²) in [6, 6.07) is 3.31. The van der Waals surface area contributed by atoms with E-state index in [4.69, 9.17) is 5.73 Å². The maximum Gasteiger partial charge on any atom is 0.441 e. The van der Waals surface area contributed by atoms with Gasteiger partial charge in [-0.25, -0.2) is 4.98 Å². The van der Waals surface area contributed by atoms with Crippen LogP contribution in [0.25, 0.3) is 0 Å². The normalized spacial score (nSPS) is 11.5. The molecule has 0 unspecified atom stereocenters. The maximum atomic E-state index is 11.8. The van der Waals surface area contributed by atoms with Crippen molar-refractivity contribution in [1.29, 1.82) is 0 Å². The van der Waals surface area contributed by atoms with Crippen LogP contribution >= 0.6 is 11.8 Å². The lowest BCUT2D eigenvalue weighted by atomic mass is 10.3. The molecule has 1 aromatic rings. The number of rotatable bonds is 4. The van der Waals surface area contributed by atoms with Crippen LogP contribution in [0.4, 0.5) is 24.7 Å². The number of aryl methyl sites for hydroxylation is 1. The van der Waals surface area contributed by atoms with E-state index in [1.807, 2.05) is 0 Å². The van der Waals surface area contributed by atoms with Gasteiger partial charge in [0, 0.05) is 12.3 Å². The first kappa shape index (κ1) is 13.0. The average Bonchev–Trinajstić information content (AvgIpc) is 2.17. The molecule has 0 aromatic carbocycles. The summed E-state index contributed by atoms with van der Waals surface area (Å²) >= 11 is -0.0548. The lowest BCUT2D eigenvalue weighted by Crippen LogP contribution is -2.10. The Labute approximate surface area is 95.6 Å². The van der Waals surface area contributed by atoms with Crippen LogP contribution in [-0.2, 0) is 0 Å². The molecule has 0 spiro atoms. The molecule has 90 valence electrons. The van der Waals surface area contributed by atoms with Crippen molar-refractivity contribution in [2.75, 3.05) is 23.3 Å². The van der Waals surface area contributed by atoms with Crippen LogP contribution < -0.4 is 11.1 Å². The number of anilines is 2. The number of hydrogen-bond acceptors (Lipinski definition) is 4. The third-order valence-corrected chi connectivity index (χ3v) is 2.54. The van der Waals surface area contributed by atoms with E-state index >= 15 is 0 Å². The number of alkyl halides is 3. The van der Waals surface area contributed by atoms with Crippen molar-refractivity contribution < 1.29 is 13.2 Å². The Balaban J connectivity index is 2.35. The zero-order valence-electron chi connectivity index (χ0n) is 8.64. The van der Waals surface area contributed by atoms with Crippen LogP contribution in [-0.4, -0.2) is 22.8 Å². The zero-order valence-corrected chi connectivity index (χ0v) is 9.45. The van der Waals surface area contributed by atoms with Crippen molar-refractivity contribution in [1.82, 2.24) is 4.98 Å². The second-order valence-corrected chi connectivity index (χ2v) is 4.25. The van der Waals surface area contributed by atoms with Crippen LogP contribution in [0.2, 0.25) is 0 Å². The first-order valence-corrected chi connectivity index (χ1v) is 5.55. The summed E-state index contributed by atoms with van der Waals surface area (Å²) in [5.41, 5.74) is 2.61. The van der Waals surface area contributed by atoms with Gasteiger partial charge in [-0.05, 0) is 30.8 Å². The quantitative estimate of drug-likeness (QED) is 0.808. The van der Waals surface area contributed by atoms with Crippen molar-refractivity contribution in [3.8, 4) is 0 Å². The summed E-state index contributed by atoms with van der Waals surface area (Å²) in [4.78, 5) is 4.08. The highest BCUT2D eigenvalue weighted by Gasteiger charge is 2.27. The number of nitrogen functional groups attached to an aromatic ring is 1. The molecule has 0 aliphatic heterocycles. The van der Waals surface area contributed by atoms with Crippen LogP contribution in [0.1, 0.15) is 5.69 Å². The van der Waals surface area contributed by atoms with Gasteiger partial charge in [0.25, 0.3) is 0 Å². The summed E-state index contributed by atoms with van der Waals surface area (Å²) in [5, 5.41) is 2.80. The van der Waals surface area contributed by atoms with E-state index in [-0.39, 0.29) is 24.1 Å². The molecule has 16 heavy (non-hydrogen) atoms. The van der Waals surface area contributed by atoms with Gasteiger partial charge in [0.1, 0.15) is 5.82 Å². The second-order valence-electron chi connectivity index (χ2n) is 3.09. The summed E-state index contributed by atoms with van der Waals surface area (Å²) in [5.74, 6) is 0.490. The van der Waals surface area contributed by atoms with Crippen LogP contribution in [0.15, 0.2) is 12.1 Å². The summed E-state index contributed by atoms with van der Waals surface area (Å²) in [6.07, 6.45) is 0. The zero-order chi connectivity index (χ0) is 12.2. The molecule has 0 saturated carbocycles. The Bertz CT molecular complexity index is 354. The fourth-order valence-corrected chi connectivity index (χ4v) is 1.45. The largest absolute Gasteiger partial charge is 0.441 e. The highest BCUT2D eigenvalue weighted by Crippen LogP contribution is 2.29. The summed E-state index contributed by atoms with van der Waals surface area (Å²) < 4.78 is 35.4. The highest BCUT2D eigenvalue weighted by atomic mass is 32.2. The number of nitrogens with zero attached hydrogens (tertiary/aromatic N) is 1. The lowest BCUT2D eigenvalue weighted by Gasteiger charge is -2.08. The van der Waals surface area contributed by atoms with Crippen molar-refractivity contribution >= 4 is 23.3 Å². The predicted molar refractivity (Wildman–Crippen MR) is 60.4 cm³/mol. The van der Waals surface area contributed by atoms with Gasteiger partial charge in [0.15, 0.2) is 0 Å². The number of nitrogens with one attached hydrogen (secondary N) is 1. The van der Waals surface area contributed by atoms with E-state index in [1.54, 1.807) is 19.1 Å². The molecule has 1 aromatic heterocycles. The molecule has 0 radical (unpaired) electrons. The minimum absolute atomic E-state index is 0.0470. The number of thioether (sulfide) groups is 1. The smallest absolute Gasteiger partial charge is 0.397 e. The van der Waals surface area contributed by atoms with Gasteiger partial charge in [-0.1, -0.05) is 0 Å². The first-order valence-electron chi connectivity index (χ1n) is 4.56. The molecule has 7 heteroatoms. The molecule has 0 bridgehead atoms.